The molecule has 0 unspecified atom stereocenters. The number of aromatic nitrogens is 4. The summed E-state index contributed by atoms with van der Waals surface area (Å²) in [7, 11) is 0. The van der Waals surface area contributed by atoms with E-state index in [4.69, 9.17) is 4.42 Å². The first-order valence-corrected chi connectivity index (χ1v) is 9.76. The minimum absolute atomic E-state index is 0.159. The number of nitrogens with zero attached hydrogens (tertiary/aromatic N) is 5. The maximum Gasteiger partial charge on any atom is 0.210 e. The molecule has 1 aliphatic rings. The molecular weight excluding hydrogens is 359 g/mol. The highest BCUT2D eigenvalue weighted by Crippen LogP contribution is 2.20. The molecule has 1 atom stereocenters. The van der Waals surface area contributed by atoms with E-state index in [1.807, 2.05) is 28.9 Å². The predicted octanol–water partition coefficient (Wildman–Crippen LogP) is 1.56. The van der Waals surface area contributed by atoms with Crippen LogP contribution in [0.5, 0.6) is 0 Å². The number of furan rings is 1. The third-order valence-electron chi connectivity index (χ3n) is 5.43. The first kappa shape index (κ1) is 18.6. The van der Waals surface area contributed by atoms with E-state index >= 15 is 0 Å². The Bertz CT molecular complexity index is 886. The van der Waals surface area contributed by atoms with Gasteiger partial charge in [-0.3, -0.25) is 0 Å². The van der Waals surface area contributed by atoms with Gasteiger partial charge in [-0.25, -0.2) is 9.07 Å². The monoisotopic (exact) mass is 385 g/mol. The molecule has 1 saturated heterocycles. The molecule has 28 heavy (non-hydrogen) atoms. The molecule has 0 saturated carbocycles. The van der Waals surface area contributed by atoms with Crippen LogP contribution in [0, 0.1) is 11.7 Å². The SMILES string of the molecule is CC(C)[C@H](c1nnnn1Cc1ccco1)[NH+]1CCN(c2ccccc2F)CC1. The normalized spacial score (nSPS) is 16.6. The van der Waals surface area contributed by atoms with Crippen molar-refractivity contribution < 1.29 is 13.7 Å². The summed E-state index contributed by atoms with van der Waals surface area (Å²) in [5.41, 5.74) is 0.685. The zero-order chi connectivity index (χ0) is 19.5. The Labute approximate surface area is 163 Å². The number of anilines is 1. The standard InChI is InChI=1S/C20H25FN6O/c1-15(2)19(20-22-23-24-27(20)14-16-6-5-13-28-16)26-11-9-25(10-12-26)18-8-4-3-7-17(18)21/h3-8,13,15,19H,9-12,14H2,1-2H3/p+1/t19-/m1/s1. The summed E-state index contributed by atoms with van der Waals surface area (Å²) in [4.78, 5) is 3.56. The smallest absolute Gasteiger partial charge is 0.210 e. The van der Waals surface area contributed by atoms with Crippen LogP contribution in [-0.4, -0.2) is 46.4 Å². The zero-order valence-corrected chi connectivity index (χ0v) is 16.3. The first-order chi connectivity index (χ1) is 13.6. The van der Waals surface area contributed by atoms with Crippen molar-refractivity contribution in [3.8, 4) is 0 Å². The van der Waals surface area contributed by atoms with Gasteiger partial charge in [0.2, 0.25) is 5.82 Å². The molecular formula is C20H26FN6O+. The van der Waals surface area contributed by atoms with Crippen molar-refractivity contribution in [2.45, 2.75) is 26.4 Å². The molecule has 3 aromatic rings. The summed E-state index contributed by atoms with van der Waals surface area (Å²) in [6.45, 7) is 8.35. The molecule has 1 aliphatic heterocycles. The number of quaternary nitrogens is 1. The Morgan fingerprint density at radius 2 is 1.93 bits per heavy atom. The largest absolute Gasteiger partial charge is 0.467 e. The van der Waals surface area contributed by atoms with E-state index in [2.05, 4.69) is 34.3 Å². The number of nitrogens with one attached hydrogen (secondary N) is 1. The van der Waals surface area contributed by atoms with Gasteiger partial charge in [-0.15, -0.1) is 5.10 Å². The third-order valence-corrected chi connectivity index (χ3v) is 5.43. The van der Waals surface area contributed by atoms with Crippen LogP contribution < -0.4 is 9.80 Å². The number of piperazine rings is 1. The Kier molecular flexibility index (Phi) is 5.38. The van der Waals surface area contributed by atoms with Gasteiger partial charge in [-0.1, -0.05) is 26.0 Å². The minimum atomic E-state index is -0.159. The van der Waals surface area contributed by atoms with Crippen LogP contribution in [0.4, 0.5) is 10.1 Å². The molecule has 8 heteroatoms. The molecule has 4 rings (SSSR count). The van der Waals surface area contributed by atoms with E-state index in [9.17, 15) is 4.39 Å². The molecule has 0 radical (unpaired) electrons. The predicted molar refractivity (Wildman–Crippen MR) is 103 cm³/mol. The lowest BCUT2D eigenvalue weighted by Gasteiger charge is -2.38. The number of hydrogen-bond acceptors (Lipinski definition) is 5. The lowest BCUT2D eigenvalue weighted by Crippen LogP contribution is -3.15. The van der Waals surface area contributed by atoms with Gasteiger partial charge in [0.1, 0.15) is 18.1 Å². The lowest BCUT2D eigenvalue weighted by molar-refractivity contribution is -0.937. The average Bonchev–Trinajstić information content (AvgIpc) is 3.36. The summed E-state index contributed by atoms with van der Waals surface area (Å²) in [5, 5.41) is 12.5. The maximum absolute atomic E-state index is 14.1. The van der Waals surface area contributed by atoms with Gasteiger partial charge in [0, 0.05) is 5.92 Å². The van der Waals surface area contributed by atoms with Crippen molar-refractivity contribution in [2.75, 3.05) is 31.1 Å². The molecule has 1 N–H and O–H groups in total. The number of hydrogen-bond donors (Lipinski definition) is 1. The van der Waals surface area contributed by atoms with Gasteiger partial charge in [-0.05, 0) is 34.7 Å². The van der Waals surface area contributed by atoms with Crippen molar-refractivity contribution in [3.05, 3.63) is 60.1 Å². The van der Waals surface area contributed by atoms with Crippen LogP contribution in [0.15, 0.2) is 47.1 Å². The molecule has 1 fully saturated rings. The van der Waals surface area contributed by atoms with Gasteiger partial charge >= 0.3 is 0 Å². The molecule has 0 spiro atoms. The molecule has 7 nitrogen and oxygen atoms in total. The summed E-state index contributed by atoms with van der Waals surface area (Å²) in [6, 6.07) is 11.0. The molecule has 0 amide bonds. The molecule has 2 aromatic heterocycles. The van der Waals surface area contributed by atoms with Crippen molar-refractivity contribution in [2.24, 2.45) is 5.92 Å². The minimum Gasteiger partial charge on any atom is -0.467 e. The number of para-hydroxylation sites is 1. The molecule has 0 bridgehead atoms. The highest BCUT2D eigenvalue weighted by Gasteiger charge is 2.35. The van der Waals surface area contributed by atoms with E-state index in [0.717, 1.165) is 37.8 Å². The quantitative estimate of drug-likeness (QED) is 0.698. The Balaban J connectivity index is 1.50. The van der Waals surface area contributed by atoms with Crippen LogP contribution in [0.1, 0.15) is 31.5 Å². The second-order valence-electron chi connectivity index (χ2n) is 7.59. The van der Waals surface area contributed by atoms with E-state index in [1.165, 1.54) is 11.0 Å². The summed E-state index contributed by atoms with van der Waals surface area (Å²) < 4.78 is 21.4. The summed E-state index contributed by atoms with van der Waals surface area (Å²) >= 11 is 0. The van der Waals surface area contributed by atoms with Crippen LogP contribution in [0.2, 0.25) is 0 Å². The van der Waals surface area contributed by atoms with Gasteiger partial charge in [0.05, 0.1) is 38.1 Å². The highest BCUT2D eigenvalue weighted by molar-refractivity contribution is 5.47. The lowest BCUT2D eigenvalue weighted by atomic mass is 10.0. The third kappa shape index (κ3) is 3.77. The summed E-state index contributed by atoms with van der Waals surface area (Å²) in [5.74, 6) is 1.92. The van der Waals surface area contributed by atoms with Gasteiger partial charge in [0.15, 0.2) is 6.04 Å². The van der Waals surface area contributed by atoms with Crippen molar-refractivity contribution in [1.82, 2.24) is 20.2 Å². The van der Waals surface area contributed by atoms with Crippen molar-refractivity contribution >= 4 is 5.69 Å². The van der Waals surface area contributed by atoms with Crippen LogP contribution in [-0.2, 0) is 6.54 Å². The number of rotatable bonds is 6. The Hall–Kier alpha value is -2.74. The van der Waals surface area contributed by atoms with E-state index in [0.29, 0.717) is 18.2 Å². The number of tetrazole rings is 1. The fourth-order valence-corrected chi connectivity index (χ4v) is 4.10. The Morgan fingerprint density at radius 1 is 1.14 bits per heavy atom. The van der Waals surface area contributed by atoms with Gasteiger partial charge < -0.3 is 14.2 Å². The van der Waals surface area contributed by atoms with Gasteiger partial charge in [-0.2, -0.15) is 0 Å². The van der Waals surface area contributed by atoms with E-state index in [-0.39, 0.29) is 11.9 Å². The van der Waals surface area contributed by atoms with Crippen LogP contribution >= 0.6 is 0 Å². The second kappa shape index (κ2) is 8.10. The van der Waals surface area contributed by atoms with Crippen LogP contribution in [0.3, 0.4) is 0 Å². The summed E-state index contributed by atoms with van der Waals surface area (Å²) in [6.07, 6.45) is 1.66. The molecule has 148 valence electrons. The topological polar surface area (TPSA) is 64.4 Å². The average molecular weight is 385 g/mol. The second-order valence-corrected chi connectivity index (χ2v) is 7.59. The van der Waals surface area contributed by atoms with E-state index in [1.54, 1.807) is 12.3 Å². The number of halogens is 1. The fraction of sp³-hybridized carbons (Fsp3) is 0.450. The van der Waals surface area contributed by atoms with Crippen molar-refractivity contribution in [1.29, 1.82) is 0 Å². The van der Waals surface area contributed by atoms with Crippen molar-refractivity contribution in [3.63, 3.8) is 0 Å². The molecule has 3 heterocycles. The first-order valence-electron chi connectivity index (χ1n) is 9.76. The van der Waals surface area contributed by atoms with Crippen LogP contribution in [0.25, 0.3) is 0 Å². The Morgan fingerprint density at radius 3 is 2.61 bits per heavy atom. The highest BCUT2D eigenvalue weighted by atomic mass is 19.1. The van der Waals surface area contributed by atoms with E-state index < -0.39 is 0 Å². The fourth-order valence-electron chi connectivity index (χ4n) is 4.10. The molecule has 1 aromatic carbocycles. The zero-order valence-electron chi connectivity index (χ0n) is 16.3. The molecule has 0 aliphatic carbocycles. The van der Waals surface area contributed by atoms with Gasteiger partial charge in [0.25, 0.3) is 0 Å². The number of benzene rings is 1. The maximum atomic E-state index is 14.1.